The molecule has 0 aromatic heterocycles. The number of thioether (sulfide) groups is 1. The van der Waals surface area contributed by atoms with Crippen LogP contribution in [0.5, 0.6) is 0 Å². The zero-order valence-corrected chi connectivity index (χ0v) is 17.8. The highest BCUT2D eigenvalue weighted by Crippen LogP contribution is 2.13. The smallest absolute Gasteiger partial charge is 0.253 e. The van der Waals surface area contributed by atoms with Crippen molar-refractivity contribution in [2.75, 3.05) is 36.2 Å². The summed E-state index contributed by atoms with van der Waals surface area (Å²) in [5.74, 6) is 0.840. The second kappa shape index (κ2) is 11.3. The second-order valence-electron chi connectivity index (χ2n) is 6.90. The molecule has 2 aromatic carbocycles. The first kappa shape index (κ1) is 22.5. The van der Waals surface area contributed by atoms with Gasteiger partial charge in [0.1, 0.15) is 0 Å². The Morgan fingerprint density at radius 2 is 1.62 bits per heavy atom. The Hall–Kier alpha value is -2.80. The van der Waals surface area contributed by atoms with E-state index < -0.39 is 0 Å². The molecule has 0 radical (unpaired) electrons. The van der Waals surface area contributed by atoms with E-state index >= 15 is 0 Å². The summed E-state index contributed by atoms with van der Waals surface area (Å²) in [6.45, 7) is 1.98. The first-order valence-corrected chi connectivity index (χ1v) is 10.6. The van der Waals surface area contributed by atoms with E-state index in [9.17, 15) is 14.4 Å². The van der Waals surface area contributed by atoms with Crippen molar-refractivity contribution in [3.05, 3.63) is 59.7 Å². The highest BCUT2D eigenvalue weighted by Gasteiger charge is 2.09. The van der Waals surface area contributed by atoms with Gasteiger partial charge in [0.25, 0.3) is 5.91 Å². The number of anilines is 2. The number of carbonyl (C=O) groups excluding carboxylic acids is 3. The molecule has 6 nitrogen and oxygen atoms in total. The van der Waals surface area contributed by atoms with Gasteiger partial charge in [-0.3, -0.25) is 14.4 Å². The Bertz CT molecular complexity index is 851. The van der Waals surface area contributed by atoms with Crippen LogP contribution in [-0.2, 0) is 9.59 Å². The minimum absolute atomic E-state index is 0.0204. The van der Waals surface area contributed by atoms with E-state index in [0.29, 0.717) is 29.8 Å². The number of hydrogen-bond acceptors (Lipinski definition) is 4. The SMILES string of the molecule is Cc1cccc(NC(=O)CCCSCC(=O)Nc2ccc(C(=O)N(C)C)cc2)c1. The van der Waals surface area contributed by atoms with Crippen molar-refractivity contribution in [3.8, 4) is 0 Å². The fourth-order valence-corrected chi connectivity index (χ4v) is 3.35. The zero-order valence-electron chi connectivity index (χ0n) is 17.0. The average Bonchev–Trinajstić information content (AvgIpc) is 2.67. The van der Waals surface area contributed by atoms with Gasteiger partial charge in [-0.2, -0.15) is 11.8 Å². The molecule has 0 heterocycles. The number of nitrogens with one attached hydrogen (secondary N) is 2. The maximum Gasteiger partial charge on any atom is 0.253 e. The molecule has 154 valence electrons. The number of hydrogen-bond donors (Lipinski definition) is 2. The van der Waals surface area contributed by atoms with Gasteiger partial charge in [-0.15, -0.1) is 0 Å². The predicted octanol–water partition coefficient (Wildman–Crippen LogP) is 3.79. The van der Waals surface area contributed by atoms with Gasteiger partial charge in [-0.25, -0.2) is 0 Å². The fraction of sp³-hybridized carbons (Fsp3) is 0.318. The molecule has 2 rings (SSSR count). The van der Waals surface area contributed by atoms with Crippen LogP contribution in [0.3, 0.4) is 0 Å². The summed E-state index contributed by atoms with van der Waals surface area (Å²) in [6, 6.07) is 14.5. The van der Waals surface area contributed by atoms with E-state index in [1.165, 1.54) is 16.7 Å². The molecule has 0 aliphatic carbocycles. The Labute approximate surface area is 176 Å². The maximum absolute atomic E-state index is 12.0. The molecular weight excluding hydrogens is 386 g/mol. The van der Waals surface area contributed by atoms with Crippen molar-refractivity contribution < 1.29 is 14.4 Å². The average molecular weight is 414 g/mol. The molecule has 2 N–H and O–H groups in total. The van der Waals surface area contributed by atoms with E-state index in [1.54, 1.807) is 38.4 Å². The van der Waals surface area contributed by atoms with Crippen LogP contribution in [0, 0.1) is 6.92 Å². The van der Waals surface area contributed by atoms with Crippen molar-refractivity contribution in [1.82, 2.24) is 4.90 Å². The Balaban J connectivity index is 1.63. The largest absolute Gasteiger partial charge is 0.345 e. The molecule has 0 spiro atoms. The standard InChI is InChI=1S/C22H27N3O3S/c1-16-6-4-7-19(14-16)24-20(26)8-5-13-29-15-21(27)23-18-11-9-17(10-12-18)22(28)25(2)3/h4,6-7,9-12,14H,5,8,13,15H2,1-3H3,(H,23,27)(H,24,26). The highest BCUT2D eigenvalue weighted by atomic mass is 32.2. The summed E-state index contributed by atoms with van der Waals surface area (Å²) in [7, 11) is 3.39. The van der Waals surface area contributed by atoms with Gasteiger partial charge >= 0.3 is 0 Å². The van der Waals surface area contributed by atoms with Crippen LogP contribution >= 0.6 is 11.8 Å². The summed E-state index contributed by atoms with van der Waals surface area (Å²) in [4.78, 5) is 37.3. The Morgan fingerprint density at radius 3 is 2.28 bits per heavy atom. The Kier molecular flexibility index (Phi) is 8.73. The van der Waals surface area contributed by atoms with Gasteiger partial charge in [0.15, 0.2) is 0 Å². The van der Waals surface area contributed by atoms with E-state index in [4.69, 9.17) is 0 Å². The molecule has 0 bridgehead atoms. The minimum atomic E-state index is -0.106. The number of nitrogens with zero attached hydrogens (tertiary/aromatic N) is 1. The Morgan fingerprint density at radius 1 is 0.931 bits per heavy atom. The molecule has 3 amide bonds. The zero-order chi connectivity index (χ0) is 21.2. The number of aryl methyl sites for hydroxylation is 1. The second-order valence-corrected chi connectivity index (χ2v) is 8.00. The number of benzene rings is 2. The molecule has 29 heavy (non-hydrogen) atoms. The van der Waals surface area contributed by atoms with Crippen LogP contribution in [0.2, 0.25) is 0 Å². The molecule has 0 aliphatic rings. The molecule has 0 atom stereocenters. The topological polar surface area (TPSA) is 78.5 Å². The lowest BCUT2D eigenvalue weighted by Crippen LogP contribution is -2.21. The number of rotatable bonds is 9. The van der Waals surface area contributed by atoms with Crippen molar-refractivity contribution in [1.29, 1.82) is 0 Å². The summed E-state index contributed by atoms with van der Waals surface area (Å²) in [5, 5.41) is 5.69. The molecule has 0 unspecified atom stereocenters. The fourth-order valence-electron chi connectivity index (χ4n) is 2.60. The molecule has 7 heteroatoms. The molecule has 2 aromatic rings. The van der Waals surface area contributed by atoms with Gasteiger partial charge in [-0.1, -0.05) is 12.1 Å². The van der Waals surface area contributed by atoms with E-state index in [2.05, 4.69) is 10.6 Å². The van der Waals surface area contributed by atoms with E-state index in [0.717, 1.165) is 17.0 Å². The number of carbonyl (C=O) groups is 3. The van der Waals surface area contributed by atoms with E-state index in [1.807, 2.05) is 31.2 Å². The van der Waals surface area contributed by atoms with Crippen molar-refractivity contribution in [3.63, 3.8) is 0 Å². The van der Waals surface area contributed by atoms with Gasteiger partial charge in [0.2, 0.25) is 11.8 Å². The van der Waals surface area contributed by atoms with Gasteiger partial charge in [-0.05, 0) is 61.1 Å². The van der Waals surface area contributed by atoms with Crippen molar-refractivity contribution in [2.45, 2.75) is 19.8 Å². The number of amides is 3. The quantitative estimate of drug-likeness (QED) is 0.613. The molecule has 0 saturated carbocycles. The third kappa shape index (κ3) is 7.99. The first-order chi connectivity index (χ1) is 13.8. The van der Waals surface area contributed by atoms with Crippen LogP contribution in [0.1, 0.15) is 28.8 Å². The summed E-state index contributed by atoms with van der Waals surface area (Å²) in [6.07, 6.45) is 1.13. The monoisotopic (exact) mass is 413 g/mol. The van der Waals surface area contributed by atoms with Crippen molar-refractivity contribution in [2.24, 2.45) is 0 Å². The minimum Gasteiger partial charge on any atom is -0.345 e. The third-order valence-electron chi connectivity index (χ3n) is 4.05. The third-order valence-corrected chi connectivity index (χ3v) is 5.09. The van der Waals surface area contributed by atoms with Crippen LogP contribution in [0.25, 0.3) is 0 Å². The normalized spacial score (nSPS) is 10.3. The van der Waals surface area contributed by atoms with Gasteiger partial charge in [0, 0.05) is 37.5 Å². The summed E-state index contributed by atoms with van der Waals surface area (Å²) < 4.78 is 0. The van der Waals surface area contributed by atoms with Crippen LogP contribution in [0.15, 0.2) is 48.5 Å². The van der Waals surface area contributed by atoms with Crippen LogP contribution < -0.4 is 10.6 Å². The predicted molar refractivity (Wildman–Crippen MR) is 119 cm³/mol. The summed E-state index contributed by atoms with van der Waals surface area (Å²) in [5.41, 5.74) is 3.14. The summed E-state index contributed by atoms with van der Waals surface area (Å²) >= 11 is 1.49. The van der Waals surface area contributed by atoms with Gasteiger partial charge in [0.05, 0.1) is 5.75 Å². The first-order valence-electron chi connectivity index (χ1n) is 9.41. The highest BCUT2D eigenvalue weighted by molar-refractivity contribution is 7.99. The molecule has 0 saturated heterocycles. The lowest BCUT2D eigenvalue weighted by molar-refractivity contribution is -0.116. The lowest BCUT2D eigenvalue weighted by atomic mass is 10.2. The molecule has 0 aliphatic heterocycles. The van der Waals surface area contributed by atoms with Crippen LogP contribution in [-0.4, -0.2) is 48.2 Å². The van der Waals surface area contributed by atoms with Crippen molar-refractivity contribution >= 4 is 40.9 Å². The van der Waals surface area contributed by atoms with Crippen LogP contribution in [0.4, 0.5) is 11.4 Å². The molecule has 0 fully saturated rings. The molecular formula is C22H27N3O3S. The lowest BCUT2D eigenvalue weighted by Gasteiger charge is -2.11. The van der Waals surface area contributed by atoms with Gasteiger partial charge < -0.3 is 15.5 Å². The maximum atomic E-state index is 12.0. The van der Waals surface area contributed by atoms with E-state index in [-0.39, 0.29) is 17.7 Å².